The topological polar surface area (TPSA) is 89.3 Å². The summed E-state index contributed by atoms with van der Waals surface area (Å²) >= 11 is 0. The normalized spacial score (nSPS) is 18.5. The number of imidazole rings is 1. The summed E-state index contributed by atoms with van der Waals surface area (Å²) in [5.41, 5.74) is 4.16. The van der Waals surface area contributed by atoms with Crippen molar-refractivity contribution in [3.63, 3.8) is 0 Å². The van der Waals surface area contributed by atoms with Crippen molar-refractivity contribution in [2.75, 3.05) is 13.3 Å². The lowest BCUT2D eigenvalue weighted by atomic mass is 10.2. The number of rotatable bonds is 4. The molecule has 30 heavy (non-hydrogen) atoms. The van der Waals surface area contributed by atoms with Gasteiger partial charge in [-0.25, -0.2) is 4.98 Å². The lowest BCUT2D eigenvalue weighted by molar-refractivity contribution is 0.174. The number of aromatic amines is 1. The minimum Gasteiger partial charge on any atom is -0.454 e. The van der Waals surface area contributed by atoms with Gasteiger partial charge < -0.3 is 19.0 Å². The lowest BCUT2D eigenvalue weighted by Gasteiger charge is -2.20. The quantitative estimate of drug-likeness (QED) is 0.551. The summed E-state index contributed by atoms with van der Waals surface area (Å²) in [6, 6.07) is 12.2. The van der Waals surface area contributed by atoms with Crippen molar-refractivity contribution in [1.29, 1.82) is 0 Å². The minimum absolute atomic E-state index is 0.221. The van der Waals surface area contributed by atoms with Crippen LogP contribution >= 0.6 is 0 Å². The summed E-state index contributed by atoms with van der Waals surface area (Å²) in [5.74, 6) is 3.60. The molecule has 2 aromatic heterocycles. The Kier molecular flexibility index (Phi) is 3.98. The van der Waals surface area contributed by atoms with E-state index in [9.17, 15) is 0 Å². The van der Waals surface area contributed by atoms with E-state index in [0.29, 0.717) is 24.0 Å². The van der Waals surface area contributed by atoms with Gasteiger partial charge in [0, 0.05) is 5.56 Å². The number of aromatic nitrogens is 4. The zero-order valence-corrected chi connectivity index (χ0v) is 16.6. The maximum Gasteiger partial charge on any atom is 0.241 e. The molecule has 0 radical (unpaired) electrons. The fourth-order valence-electron chi connectivity index (χ4n) is 4.27. The van der Waals surface area contributed by atoms with Gasteiger partial charge in [0.2, 0.25) is 18.5 Å². The van der Waals surface area contributed by atoms with Crippen molar-refractivity contribution in [3.05, 3.63) is 53.7 Å². The molecule has 1 saturated heterocycles. The second-order valence-corrected chi connectivity index (χ2v) is 7.85. The molecule has 6 rings (SSSR count). The van der Waals surface area contributed by atoms with Crippen molar-refractivity contribution in [2.24, 2.45) is 0 Å². The predicted octanol–water partition coefficient (Wildman–Crippen LogP) is 3.99. The lowest BCUT2D eigenvalue weighted by Crippen LogP contribution is -2.23. The van der Waals surface area contributed by atoms with E-state index in [1.54, 1.807) is 0 Å². The van der Waals surface area contributed by atoms with Gasteiger partial charge in [0.15, 0.2) is 11.5 Å². The highest BCUT2D eigenvalue weighted by molar-refractivity contribution is 5.75. The molecule has 0 spiro atoms. The van der Waals surface area contributed by atoms with Gasteiger partial charge in [-0.05, 0) is 62.2 Å². The molecule has 8 nitrogen and oxygen atoms in total. The molecule has 0 saturated carbocycles. The Bertz CT molecular complexity index is 1230. The largest absolute Gasteiger partial charge is 0.454 e. The van der Waals surface area contributed by atoms with Crippen LogP contribution in [-0.2, 0) is 6.54 Å². The molecule has 0 bridgehead atoms. The number of H-pyrrole nitrogens is 1. The standard InChI is InChI=1S/C22H21N5O3/c1-13-4-6-15-16(9-13)24-22(23-15)17-3-2-8-27(17)11-20-25-21(26-30-20)14-5-7-18-19(10-14)29-12-28-18/h4-7,9-10,17H,2-3,8,11-12H2,1H3,(H,23,24). The molecule has 0 aliphatic carbocycles. The van der Waals surface area contributed by atoms with E-state index >= 15 is 0 Å². The average molecular weight is 403 g/mol. The van der Waals surface area contributed by atoms with E-state index in [2.05, 4.69) is 45.1 Å². The Morgan fingerprint density at radius 1 is 1.10 bits per heavy atom. The first-order valence-electron chi connectivity index (χ1n) is 10.2. The molecular formula is C22H21N5O3. The molecule has 0 amide bonds. The molecule has 1 fully saturated rings. The van der Waals surface area contributed by atoms with E-state index in [1.165, 1.54) is 5.56 Å². The predicted molar refractivity (Wildman–Crippen MR) is 109 cm³/mol. The molecule has 1 N–H and O–H groups in total. The smallest absolute Gasteiger partial charge is 0.241 e. The third-order valence-electron chi connectivity index (χ3n) is 5.77. The van der Waals surface area contributed by atoms with E-state index < -0.39 is 0 Å². The molecule has 4 heterocycles. The molecular weight excluding hydrogens is 382 g/mol. The molecule has 2 aromatic carbocycles. The van der Waals surface area contributed by atoms with Crippen molar-refractivity contribution in [3.8, 4) is 22.9 Å². The monoisotopic (exact) mass is 403 g/mol. The molecule has 2 aliphatic rings. The van der Waals surface area contributed by atoms with Gasteiger partial charge in [0.05, 0.1) is 23.6 Å². The Morgan fingerprint density at radius 2 is 2.03 bits per heavy atom. The molecule has 4 aromatic rings. The number of hydrogen-bond acceptors (Lipinski definition) is 7. The zero-order valence-electron chi connectivity index (χ0n) is 16.6. The fraction of sp³-hybridized carbons (Fsp3) is 0.318. The second-order valence-electron chi connectivity index (χ2n) is 7.85. The van der Waals surface area contributed by atoms with Gasteiger partial charge in [-0.3, -0.25) is 4.90 Å². The Morgan fingerprint density at radius 3 is 3.00 bits per heavy atom. The van der Waals surface area contributed by atoms with Crippen LogP contribution in [0, 0.1) is 6.92 Å². The summed E-state index contributed by atoms with van der Waals surface area (Å²) in [6.07, 6.45) is 2.17. The molecule has 152 valence electrons. The summed E-state index contributed by atoms with van der Waals surface area (Å²) in [4.78, 5) is 15.3. The van der Waals surface area contributed by atoms with Crippen LogP contribution in [0.5, 0.6) is 11.5 Å². The van der Waals surface area contributed by atoms with Crippen LogP contribution in [0.2, 0.25) is 0 Å². The maximum absolute atomic E-state index is 5.55. The van der Waals surface area contributed by atoms with Gasteiger partial charge in [-0.15, -0.1) is 0 Å². The van der Waals surface area contributed by atoms with Crippen molar-refractivity contribution >= 4 is 11.0 Å². The average Bonchev–Trinajstić information content (AvgIpc) is 3.53. The number of ether oxygens (including phenoxy) is 2. The first-order chi connectivity index (χ1) is 14.7. The van der Waals surface area contributed by atoms with Gasteiger partial charge in [-0.2, -0.15) is 4.98 Å². The fourth-order valence-corrected chi connectivity index (χ4v) is 4.27. The maximum atomic E-state index is 5.55. The highest BCUT2D eigenvalue weighted by atomic mass is 16.7. The van der Waals surface area contributed by atoms with E-state index in [-0.39, 0.29) is 12.8 Å². The van der Waals surface area contributed by atoms with Gasteiger partial charge in [0.25, 0.3) is 0 Å². The van der Waals surface area contributed by atoms with Crippen LogP contribution in [0.1, 0.15) is 36.2 Å². The van der Waals surface area contributed by atoms with Gasteiger partial charge in [-0.1, -0.05) is 11.2 Å². The summed E-state index contributed by atoms with van der Waals surface area (Å²) in [7, 11) is 0. The van der Waals surface area contributed by atoms with E-state index in [0.717, 1.165) is 47.6 Å². The number of benzene rings is 2. The summed E-state index contributed by atoms with van der Waals surface area (Å²) in [6.45, 7) is 3.91. The minimum atomic E-state index is 0.221. The van der Waals surface area contributed by atoms with E-state index in [1.807, 2.05) is 18.2 Å². The van der Waals surface area contributed by atoms with Crippen LogP contribution < -0.4 is 9.47 Å². The van der Waals surface area contributed by atoms with Crippen LogP contribution in [0.15, 0.2) is 40.9 Å². The number of hydrogen-bond donors (Lipinski definition) is 1. The van der Waals surface area contributed by atoms with Crippen molar-refractivity contribution in [2.45, 2.75) is 32.4 Å². The Hall–Kier alpha value is -3.39. The number of nitrogens with one attached hydrogen (secondary N) is 1. The zero-order chi connectivity index (χ0) is 20.1. The van der Waals surface area contributed by atoms with Crippen LogP contribution in [0.4, 0.5) is 0 Å². The second kappa shape index (κ2) is 6.84. The van der Waals surface area contributed by atoms with Crippen LogP contribution in [0.3, 0.4) is 0 Å². The third kappa shape index (κ3) is 3.00. The molecule has 1 atom stereocenters. The molecule has 8 heteroatoms. The number of fused-ring (bicyclic) bond motifs is 2. The Labute approximate surface area is 172 Å². The van der Waals surface area contributed by atoms with Gasteiger partial charge in [0.1, 0.15) is 5.82 Å². The number of nitrogens with zero attached hydrogens (tertiary/aromatic N) is 4. The SMILES string of the molecule is Cc1ccc2nc(C3CCCN3Cc3nc(-c4ccc5c(c4)OCO5)no3)[nH]c2c1. The van der Waals surface area contributed by atoms with E-state index in [4.69, 9.17) is 19.0 Å². The first-order valence-corrected chi connectivity index (χ1v) is 10.2. The molecule has 1 unspecified atom stereocenters. The van der Waals surface area contributed by atoms with Crippen LogP contribution in [-0.4, -0.2) is 38.3 Å². The summed E-state index contributed by atoms with van der Waals surface area (Å²) < 4.78 is 16.4. The summed E-state index contributed by atoms with van der Waals surface area (Å²) in [5, 5.41) is 4.16. The number of likely N-dealkylation sites (tertiary alicyclic amines) is 1. The van der Waals surface area contributed by atoms with Crippen LogP contribution in [0.25, 0.3) is 22.4 Å². The molecule has 2 aliphatic heterocycles. The highest BCUT2D eigenvalue weighted by Gasteiger charge is 2.30. The van der Waals surface area contributed by atoms with Crippen molar-refractivity contribution in [1.82, 2.24) is 25.0 Å². The Balaban J connectivity index is 1.23. The first kappa shape index (κ1) is 17.5. The number of aryl methyl sites for hydroxylation is 1. The van der Waals surface area contributed by atoms with Crippen molar-refractivity contribution < 1.29 is 14.0 Å². The third-order valence-corrected chi connectivity index (χ3v) is 5.77. The van der Waals surface area contributed by atoms with Gasteiger partial charge >= 0.3 is 0 Å². The highest BCUT2D eigenvalue weighted by Crippen LogP contribution is 2.36.